The summed E-state index contributed by atoms with van der Waals surface area (Å²) in [6, 6.07) is 6.50. The standard InChI is InChI=1S/C21H29FN6OS.HI/c1-16-15-26-19(30-16)7-9-24-21(23-2)25-10-8-20(29)28-13-11-27(12-14-28)18-5-3-17(22)4-6-18;/h3-6,15H,7-14H2,1-2H3,(H2,23,24,25);1H. The van der Waals surface area contributed by atoms with Crippen LogP contribution in [0.25, 0.3) is 0 Å². The first-order chi connectivity index (χ1) is 14.5. The second-order valence-corrected chi connectivity index (χ2v) is 8.45. The molecule has 1 amide bonds. The topological polar surface area (TPSA) is 72.9 Å². The molecule has 0 spiro atoms. The number of nitrogens with zero attached hydrogens (tertiary/aromatic N) is 4. The van der Waals surface area contributed by atoms with Gasteiger partial charge in [-0.05, 0) is 31.2 Å². The molecule has 0 radical (unpaired) electrons. The molecule has 10 heteroatoms. The molecule has 7 nitrogen and oxygen atoms in total. The van der Waals surface area contributed by atoms with E-state index in [4.69, 9.17) is 0 Å². The maximum Gasteiger partial charge on any atom is 0.224 e. The highest BCUT2D eigenvalue weighted by Crippen LogP contribution is 2.17. The number of aliphatic imine (C=N–C) groups is 1. The zero-order chi connectivity index (χ0) is 21.3. The van der Waals surface area contributed by atoms with E-state index < -0.39 is 0 Å². The normalized spacial score (nSPS) is 14.2. The van der Waals surface area contributed by atoms with Gasteiger partial charge >= 0.3 is 0 Å². The summed E-state index contributed by atoms with van der Waals surface area (Å²) < 4.78 is 13.1. The quantitative estimate of drug-likeness (QED) is 0.310. The minimum atomic E-state index is -0.233. The van der Waals surface area contributed by atoms with Crippen LogP contribution in [0.4, 0.5) is 10.1 Å². The van der Waals surface area contributed by atoms with Crippen molar-refractivity contribution in [1.29, 1.82) is 0 Å². The lowest BCUT2D eigenvalue weighted by atomic mass is 10.2. The molecule has 1 saturated heterocycles. The van der Waals surface area contributed by atoms with Crippen molar-refractivity contribution >= 4 is 52.9 Å². The van der Waals surface area contributed by atoms with Crippen LogP contribution in [0.1, 0.15) is 16.3 Å². The number of thiazole rings is 1. The van der Waals surface area contributed by atoms with Gasteiger partial charge in [-0.1, -0.05) is 0 Å². The molecule has 0 unspecified atom stereocenters. The van der Waals surface area contributed by atoms with Crippen molar-refractivity contribution in [2.45, 2.75) is 19.8 Å². The van der Waals surface area contributed by atoms with Gasteiger partial charge in [-0.2, -0.15) is 0 Å². The van der Waals surface area contributed by atoms with Gasteiger partial charge in [-0.3, -0.25) is 9.79 Å². The maximum atomic E-state index is 13.1. The molecule has 1 aromatic heterocycles. The average molecular weight is 560 g/mol. The minimum Gasteiger partial charge on any atom is -0.368 e. The van der Waals surface area contributed by atoms with Gasteiger partial charge in [-0.15, -0.1) is 35.3 Å². The Morgan fingerprint density at radius 1 is 1.16 bits per heavy atom. The summed E-state index contributed by atoms with van der Waals surface area (Å²) in [7, 11) is 1.72. The molecule has 0 saturated carbocycles. The molecule has 1 fully saturated rings. The van der Waals surface area contributed by atoms with Crippen LogP contribution in [0.3, 0.4) is 0 Å². The lowest BCUT2D eigenvalue weighted by Crippen LogP contribution is -2.49. The first kappa shape index (κ1) is 25.3. The molecule has 31 heavy (non-hydrogen) atoms. The number of carbonyl (C=O) groups excluding carboxylic acids is 1. The Morgan fingerprint density at radius 3 is 2.45 bits per heavy atom. The largest absolute Gasteiger partial charge is 0.368 e. The van der Waals surface area contributed by atoms with Crippen LogP contribution >= 0.6 is 35.3 Å². The molecule has 1 aromatic carbocycles. The smallest absolute Gasteiger partial charge is 0.224 e. The van der Waals surface area contributed by atoms with Crippen molar-refractivity contribution in [2.75, 3.05) is 51.2 Å². The molecule has 2 N–H and O–H groups in total. The zero-order valence-corrected chi connectivity index (χ0v) is 21.1. The molecule has 3 rings (SSSR count). The van der Waals surface area contributed by atoms with Crippen LogP contribution in [0.5, 0.6) is 0 Å². The highest BCUT2D eigenvalue weighted by Gasteiger charge is 2.21. The summed E-state index contributed by atoms with van der Waals surface area (Å²) in [5.74, 6) is 0.593. The Labute approximate surface area is 204 Å². The summed E-state index contributed by atoms with van der Waals surface area (Å²) in [6.07, 6.45) is 3.15. The van der Waals surface area contributed by atoms with Gasteiger partial charge in [0.2, 0.25) is 5.91 Å². The first-order valence-corrected chi connectivity index (χ1v) is 11.0. The molecular weight excluding hydrogens is 530 g/mol. The van der Waals surface area contributed by atoms with E-state index in [1.807, 2.05) is 11.1 Å². The molecule has 170 valence electrons. The highest BCUT2D eigenvalue weighted by atomic mass is 127. The van der Waals surface area contributed by atoms with Gasteiger partial charge in [0.1, 0.15) is 5.82 Å². The number of benzene rings is 1. The second kappa shape index (κ2) is 12.8. The highest BCUT2D eigenvalue weighted by molar-refractivity contribution is 14.0. The number of rotatable bonds is 7. The van der Waals surface area contributed by atoms with Crippen molar-refractivity contribution in [3.05, 3.63) is 46.2 Å². The average Bonchev–Trinajstić information content (AvgIpc) is 3.18. The number of aromatic nitrogens is 1. The summed E-state index contributed by atoms with van der Waals surface area (Å²) in [5, 5.41) is 7.56. The lowest BCUT2D eigenvalue weighted by molar-refractivity contribution is -0.131. The number of nitrogens with one attached hydrogen (secondary N) is 2. The molecule has 0 aliphatic carbocycles. The predicted octanol–water partition coefficient (Wildman–Crippen LogP) is 2.66. The van der Waals surface area contributed by atoms with Gasteiger partial charge in [0, 0.05) is 75.9 Å². The van der Waals surface area contributed by atoms with Crippen molar-refractivity contribution in [3.63, 3.8) is 0 Å². The van der Waals surface area contributed by atoms with E-state index in [1.165, 1.54) is 17.0 Å². The minimum absolute atomic E-state index is 0. The molecule has 1 aliphatic rings. The van der Waals surface area contributed by atoms with Gasteiger partial charge < -0.3 is 20.4 Å². The zero-order valence-electron chi connectivity index (χ0n) is 17.9. The van der Waals surface area contributed by atoms with Crippen molar-refractivity contribution < 1.29 is 9.18 Å². The fourth-order valence-electron chi connectivity index (χ4n) is 3.34. The Bertz CT molecular complexity index is 852. The molecule has 2 aromatic rings. The molecule has 2 heterocycles. The maximum absolute atomic E-state index is 13.1. The van der Waals surface area contributed by atoms with E-state index in [2.05, 4.69) is 32.4 Å². The number of aryl methyl sites for hydroxylation is 1. The fourth-order valence-corrected chi connectivity index (χ4v) is 4.12. The number of guanidine groups is 1. The monoisotopic (exact) mass is 560 g/mol. The third kappa shape index (κ3) is 7.91. The number of amides is 1. The SMILES string of the molecule is CN=C(NCCC(=O)N1CCN(c2ccc(F)cc2)CC1)NCCc1ncc(C)s1.I. The predicted molar refractivity (Wildman–Crippen MR) is 135 cm³/mol. The van der Waals surface area contributed by atoms with Gasteiger partial charge in [0.05, 0.1) is 5.01 Å². The van der Waals surface area contributed by atoms with Crippen LogP contribution in [0.15, 0.2) is 35.5 Å². The Balaban J connectivity index is 0.00000341. The van der Waals surface area contributed by atoms with E-state index in [-0.39, 0.29) is 35.7 Å². The van der Waals surface area contributed by atoms with E-state index in [1.54, 1.807) is 30.5 Å². The van der Waals surface area contributed by atoms with Crippen LogP contribution in [0, 0.1) is 12.7 Å². The Morgan fingerprint density at radius 2 is 1.84 bits per heavy atom. The van der Waals surface area contributed by atoms with E-state index >= 15 is 0 Å². The van der Waals surface area contributed by atoms with Crippen LogP contribution in [0.2, 0.25) is 0 Å². The molecule has 0 bridgehead atoms. The summed E-state index contributed by atoms with van der Waals surface area (Å²) in [4.78, 5) is 26.3. The van der Waals surface area contributed by atoms with E-state index in [0.717, 1.165) is 36.8 Å². The molecule has 1 aliphatic heterocycles. The van der Waals surface area contributed by atoms with Crippen molar-refractivity contribution in [2.24, 2.45) is 4.99 Å². The number of carbonyl (C=O) groups is 1. The lowest BCUT2D eigenvalue weighted by Gasteiger charge is -2.36. The summed E-state index contributed by atoms with van der Waals surface area (Å²) in [6.45, 7) is 6.19. The third-order valence-corrected chi connectivity index (χ3v) is 5.95. The number of hydrogen-bond acceptors (Lipinski definition) is 5. The van der Waals surface area contributed by atoms with Crippen molar-refractivity contribution in [1.82, 2.24) is 20.5 Å². The first-order valence-electron chi connectivity index (χ1n) is 10.2. The van der Waals surface area contributed by atoms with Gasteiger partial charge in [0.25, 0.3) is 0 Å². The number of halogens is 2. The van der Waals surface area contributed by atoms with E-state index in [0.29, 0.717) is 32.0 Å². The number of hydrogen-bond donors (Lipinski definition) is 2. The molecule has 0 atom stereocenters. The molecular formula is C21H30FIN6OS. The fraction of sp³-hybridized carbons (Fsp3) is 0.476. The van der Waals surface area contributed by atoms with Crippen LogP contribution in [-0.2, 0) is 11.2 Å². The Hall–Kier alpha value is -1.95. The Kier molecular flexibility index (Phi) is 10.4. The van der Waals surface area contributed by atoms with E-state index in [9.17, 15) is 9.18 Å². The number of piperazine rings is 1. The van der Waals surface area contributed by atoms with Gasteiger partial charge in [0.15, 0.2) is 5.96 Å². The van der Waals surface area contributed by atoms with Crippen LogP contribution < -0.4 is 15.5 Å². The van der Waals surface area contributed by atoms with Crippen molar-refractivity contribution in [3.8, 4) is 0 Å². The number of anilines is 1. The third-order valence-electron chi connectivity index (χ3n) is 4.98. The van der Waals surface area contributed by atoms with Gasteiger partial charge in [-0.25, -0.2) is 9.37 Å². The van der Waals surface area contributed by atoms with Crippen LogP contribution in [-0.4, -0.2) is 68.1 Å². The second-order valence-electron chi connectivity index (χ2n) is 7.13. The summed E-state index contributed by atoms with van der Waals surface area (Å²) >= 11 is 1.70. The summed E-state index contributed by atoms with van der Waals surface area (Å²) in [5.41, 5.74) is 0.993.